The number of benzene rings is 2. The molecule has 0 saturated carbocycles. The van der Waals surface area contributed by atoms with Gasteiger partial charge in [-0.25, -0.2) is 9.07 Å². The fourth-order valence-corrected chi connectivity index (χ4v) is 3.46. The van der Waals surface area contributed by atoms with Crippen molar-refractivity contribution in [2.75, 3.05) is 6.54 Å². The Morgan fingerprint density at radius 2 is 2.00 bits per heavy atom. The van der Waals surface area contributed by atoms with Gasteiger partial charge in [0.2, 0.25) is 4.80 Å². The smallest absolute Gasteiger partial charge is 0.206 e. The molecule has 0 radical (unpaired) electrons. The van der Waals surface area contributed by atoms with E-state index in [1.807, 2.05) is 5.38 Å². The summed E-state index contributed by atoms with van der Waals surface area (Å²) in [7, 11) is 0. The lowest BCUT2D eigenvalue weighted by atomic mass is 10.2. The lowest BCUT2D eigenvalue weighted by Crippen LogP contribution is -2.12. The topological polar surface area (TPSA) is 49.9 Å². The quantitative estimate of drug-likeness (QED) is 0.457. The number of aromatic hydroxyl groups is 1. The summed E-state index contributed by atoms with van der Waals surface area (Å²) in [6.07, 6.45) is 3.26. The molecule has 4 nitrogen and oxygen atoms in total. The van der Waals surface area contributed by atoms with Crippen LogP contribution in [-0.2, 0) is 0 Å². The van der Waals surface area contributed by atoms with Crippen molar-refractivity contribution >= 4 is 33.5 Å². The van der Waals surface area contributed by atoms with Crippen molar-refractivity contribution in [3.63, 3.8) is 0 Å². The summed E-state index contributed by atoms with van der Waals surface area (Å²) in [6.45, 7) is 4.14. The maximum atomic E-state index is 13.2. The van der Waals surface area contributed by atoms with Gasteiger partial charge in [-0.15, -0.1) is 17.9 Å². The minimum Gasteiger partial charge on any atom is -0.507 e. The lowest BCUT2D eigenvalue weighted by molar-refractivity contribution is 0.474. The first-order chi connectivity index (χ1) is 12.6. The number of aromatic nitrogens is 1. The maximum Gasteiger partial charge on any atom is 0.206 e. The second-order valence-electron chi connectivity index (χ2n) is 5.30. The number of hydrogen-bond donors (Lipinski definition) is 1. The zero-order valence-corrected chi connectivity index (χ0v) is 16.0. The summed E-state index contributed by atoms with van der Waals surface area (Å²) in [5.41, 5.74) is 2.17. The average Bonchev–Trinajstić information content (AvgIpc) is 3.04. The molecule has 7 heteroatoms. The second-order valence-corrected chi connectivity index (χ2v) is 7.05. The van der Waals surface area contributed by atoms with E-state index < -0.39 is 0 Å². The first-order valence-electron chi connectivity index (χ1n) is 7.69. The SMILES string of the molecule is C=CCN=c1scc(-c2ccc(F)cc2)n1N=Cc1cc(Br)ccc1O. The van der Waals surface area contributed by atoms with Crippen LogP contribution in [0.4, 0.5) is 4.39 Å². The first-order valence-corrected chi connectivity index (χ1v) is 9.36. The molecule has 0 bridgehead atoms. The first kappa shape index (κ1) is 18.3. The van der Waals surface area contributed by atoms with Crippen molar-refractivity contribution in [3.8, 4) is 17.0 Å². The summed E-state index contributed by atoms with van der Waals surface area (Å²) >= 11 is 4.81. The van der Waals surface area contributed by atoms with Crippen molar-refractivity contribution in [2.24, 2.45) is 10.1 Å². The van der Waals surface area contributed by atoms with Crippen LogP contribution in [0.15, 0.2) is 75.1 Å². The summed E-state index contributed by atoms with van der Waals surface area (Å²) < 4.78 is 15.7. The maximum absolute atomic E-state index is 13.2. The van der Waals surface area contributed by atoms with Gasteiger partial charge in [0, 0.05) is 21.0 Å². The predicted molar refractivity (Wildman–Crippen MR) is 107 cm³/mol. The molecule has 0 amide bonds. The van der Waals surface area contributed by atoms with Gasteiger partial charge in [-0.1, -0.05) is 22.0 Å². The minimum atomic E-state index is -0.297. The van der Waals surface area contributed by atoms with E-state index in [0.717, 1.165) is 15.7 Å². The molecule has 132 valence electrons. The van der Waals surface area contributed by atoms with Gasteiger partial charge in [0.25, 0.3) is 0 Å². The van der Waals surface area contributed by atoms with Crippen LogP contribution in [-0.4, -0.2) is 22.5 Å². The van der Waals surface area contributed by atoms with Gasteiger partial charge in [-0.2, -0.15) is 5.10 Å². The molecule has 3 rings (SSSR count). The summed E-state index contributed by atoms with van der Waals surface area (Å²) in [6, 6.07) is 11.3. The number of nitrogens with zero attached hydrogens (tertiary/aromatic N) is 3. The van der Waals surface area contributed by atoms with Crippen LogP contribution in [0.2, 0.25) is 0 Å². The predicted octanol–water partition coefficient (Wildman–Crippen LogP) is 4.79. The van der Waals surface area contributed by atoms with Crippen molar-refractivity contribution in [3.05, 3.63) is 81.2 Å². The van der Waals surface area contributed by atoms with Crippen LogP contribution >= 0.6 is 27.3 Å². The molecule has 1 N–H and O–H groups in total. The second kappa shape index (κ2) is 8.25. The average molecular weight is 432 g/mol. The largest absolute Gasteiger partial charge is 0.507 e. The Labute approximate surface area is 162 Å². The van der Waals surface area contributed by atoms with Gasteiger partial charge in [0.15, 0.2) is 0 Å². The molecule has 0 unspecified atom stereocenters. The molecule has 1 heterocycles. The van der Waals surface area contributed by atoms with Crippen molar-refractivity contribution in [1.29, 1.82) is 0 Å². The molecule has 2 aromatic carbocycles. The van der Waals surface area contributed by atoms with Crippen molar-refractivity contribution in [1.82, 2.24) is 4.68 Å². The van der Waals surface area contributed by atoms with Gasteiger partial charge in [0.05, 0.1) is 18.5 Å². The van der Waals surface area contributed by atoms with E-state index in [4.69, 9.17) is 0 Å². The summed E-state index contributed by atoms with van der Waals surface area (Å²) in [5, 5.41) is 16.4. The third kappa shape index (κ3) is 4.17. The van der Waals surface area contributed by atoms with E-state index in [9.17, 15) is 9.50 Å². The number of phenolic OH excluding ortho intramolecular Hbond substituents is 1. The van der Waals surface area contributed by atoms with E-state index in [1.165, 1.54) is 23.5 Å². The molecule has 0 aliphatic heterocycles. The normalized spacial score (nSPS) is 12.0. The molecular weight excluding hydrogens is 417 g/mol. The van der Waals surface area contributed by atoms with E-state index in [0.29, 0.717) is 16.9 Å². The summed E-state index contributed by atoms with van der Waals surface area (Å²) in [5.74, 6) is -0.171. The zero-order chi connectivity index (χ0) is 18.5. The fraction of sp³-hybridized carbons (Fsp3) is 0.0526. The Kier molecular flexibility index (Phi) is 5.80. The Morgan fingerprint density at radius 1 is 1.23 bits per heavy atom. The molecule has 0 spiro atoms. The minimum absolute atomic E-state index is 0.126. The molecule has 26 heavy (non-hydrogen) atoms. The Morgan fingerprint density at radius 3 is 2.73 bits per heavy atom. The van der Waals surface area contributed by atoms with Gasteiger partial charge in [-0.3, -0.25) is 4.99 Å². The summed E-state index contributed by atoms with van der Waals surface area (Å²) in [4.78, 5) is 5.12. The number of phenols is 1. The van der Waals surface area contributed by atoms with E-state index in [1.54, 1.807) is 47.3 Å². The van der Waals surface area contributed by atoms with E-state index in [-0.39, 0.29) is 11.6 Å². The lowest BCUT2D eigenvalue weighted by Gasteiger charge is -2.04. The van der Waals surface area contributed by atoms with Crippen LogP contribution in [0.5, 0.6) is 5.75 Å². The molecular formula is C19H15BrFN3OS. The van der Waals surface area contributed by atoms with Crippen molar-refractivity contribution in [2.45, 2.75) is 0 Å². The monoisotopic (exact) mass is 431 g/mol. The fourth-order valence-electron chi connectivity index (χ4n) is 2.23. The standard InChI is InChI=1S/C19H15BrFN3OS/c1-2-9-22-19-24(23-11-14-10-15(20)5-8-18(14)25)17(12-26-19)13-3-6-16(21)7-4-13/h2-8,10-12,25H,1,9H2. The van der Waals surface area contributed by atoms with E-state index >= 15 is 0 Å². The highest BCUT2D eigenvalue weighted by Gasteiger charge is 2.08. The van der Waals surface area contributed by atoms with Crippen LogP contribution in [0.1, 0.15) is 5.56 Å². The molecule has 0 atom stereocenters. The number of hydrogen-bond acceptors (Lipinski definition) is 4. The van der Waals surface area contributed by atoms with Crippen LogP contribution in [0, 0.1) is 5.82 Å². The van der Waals surface area contributed by atoms with Crippen LogP contribution < -0.4 is 4.80 Å². The van der Waals surface area contributed by atoms with Crippen LogP contribution in [0.25, 0.3) is 11.3 Å². The van der Waals surface area contributed by atoms with Gasteiger partial charge in [-0.05, 0) is 42.5 Å². The van der Waals surface area contributed by atoms with Gasteiger partial charge < -0.3 is 5.11 Å². The van der Waals surface area contributed by atoms with E-state index in [2.05, 4.69) is 32.6 Å². The highest BCUT2D eigenvalue weighted by molar-refractivity contribution is 9.10. The highest BCUT2D eigenvalue weighted by atomic mass is 79.9. The number of thiazole rings is 1. The Hall–Kier alpha value is -2.51. The highest BCUT2D eigenvalue weighted by Crippen LogP contribution is 2.22. The Balaban J connectivity index is 2.09. The Bertz CT molecular complexity index is 1020. The zero-order valence-electron chi connectivity index (χ0n) is 13.6. The number of halogens is 2. The number of rotatable bonds is 5. The molecule has 1 aromatic heterocycles. The van der Waals surface area contributed by atoms with Gasteiger partial charge >= 0.3 is 0 Å². The van der Waals surface area contributed by atoms with Gasteiger partial charge in [0.1, 0.15) is 11.6 Å². The van der Waals surface area contributed by atoms with Crippen LogP contribution in [0.3, 0.4) is 0 Å². The molecule has 3 aromatic rings. The third-order valence-corrected chi connectivity index (χ3v) is 4.83. The molecule has 0 aliphatic carbocycles. The molecule has 0 aliphatic rings. The third-order valence-electron chi connectivity index (χ3n) is 3.48. The molecule has 0 fully saturated rings. The molecule has 0 saturated heterocycles. The van der Waals surface area contributed by atoms with Crippen molar-refractivity contribution < 1.29 is 9.50 Å².